The predicted molar refractivity (Wildman–Crippen MR) is 148 cm³/mol. The second-order valence-corrected chi connectivity index (χ2v) is 11.7. The number of para-hydroxylation sites is 1. The Balaban J connectivity index is 1.57. The van der Waals surface area contributed by atoms with E-state index >= 15 is 0 Å². The molecule has 3 aromatic carbocycles. The number of benzene rings is 3. The number of hydrogen-bond donors (Lipinski definition) is 1. The number of nitrogens with one attached hydrogen (secondary N) is 1. The largest absolute Gasteiger partial charge is 0.462 e. The maximum Gasteiger partial charge on any atom is 0.338 e. The Hall–Kier alpha value is -2.45. The summed E-state index contributed by atoms with van der Waals surface area (Å²) in [6.07, 6.45) is 0.690. The summed E-state index contributed by atoms with van der Waals surface area (Å²) in [5.74, 6) is -0.490. The summed E-state index contributed by atoms with van der Waals surface area (Å²) in [7, 11) is 0. The van der Waals surface area contributed by atoms with Gasteiger partial charge in [-0.05, 0) is 66.8 Å². The molecule has 3 aromatic rings. The molecule has 0 radical (unpaired) electrons. The highest BCUT2D eigenvalue weighted by Crippen LogP contribution is 2.58. The summed E-state index contributed by atoms with van der Waals surface area (Å²) < 4.78 is 5.22. The normalized spacial score (nSPS) is 24.1. The van der Waals surface area contributed by atoms with Gasteiger partial charge in [-0.2, -0.15) is 0 Å². The number of nitrogens with zero attached hydrogens (tertiary/aromatic N) is 1. The van der Waals surface area contributed by atoms with Crippen LogP contribution in [0.5, 0.6) is 0 Å². The Labute approximate surface area is 233 Å². The number of nitro groups is 1. The number of thioether (sulfide) groups is 1. The van der Waals surface area contributed by atoms with Crippen molar-refractivity contribution in [2.75, 3.05) is 11.9 Å². The molecule has 2 aliphatic rings. The van der Waals surface area contributed by atoms with Crippen molar-refractivity contribution < 1.29 is 14.5 Å². The molecule has 0 bridgehead atoms. The van der Waals surface area contributed by atoms with Crippen LogP contribution in [0.2, 0.25) is 10.0 Å². The van der Waals surface area contributed by atoms with Crippen LogP contribution in [-0.4, -0.2) is 28.1 Å². The van der Waals surface area contributed by atoms with Crippen LogP contribution < -0.4 is 5.32 Å². The summed E-state index contributed by atoms with van der Waals surface area (Å²) >= 11 is 21.4. The van der Waals surface area contributed by atoms with E-state index in [1.807, 2.05) is 24.3 Å². The van der Waals surface area contributed by atoms with Crippen LogP contribution in [0.25, 0.3) is 0 Å². The molecule has 1 aliphatic carbocycles. The third-order valence-electron chi connectivity index (χ3n) is 6.96. The summed E-state index contributed by atoms with van der Waals surface area (Å²) in [5, 5.41) is 15.9. The topological polar surface area (TPSA) is 81.5 Å². The van der Waals surface area contributed by atoms with Gasteiger partial charge in [-0.3, -0.25) is 10.1 Å². The Morgan fingerprint density at radius 2 is 1.92 bits per heavy atom. The van der Waals surface area contributed by atoms with Gasteiger partial charge in [0.25, 0.3) is 5.69 Å². The Morgan fingerprint density at radius 3 is 2.65 bits per heavy atom. The SMILES string of the molecule is CCOC(=O)c1ccc2c(c1)[C@@H]1[C@H](Cl)[C@H](Sc3ccccc3[N+](=O)[O-])C[C@@H]1[C@@H](c1ccc(Cl)cc1Cl)N2. The molecule has 1 aliphatic heterocycles. The number of hydrogen-bond acceptors (Lipinski definition) is 6. The molecule has 0 spiro atoms. The molecule has 5 atom stereocenters. The van der Waals surface area contributed by atoms with Crippen LogP contribution in [0.3, 0.4) is 0 Å². The van der Waals surface area contributed by atoms with Crippen molar-refractivity contribution in [3.8, 4) is 0 Å². The Morgan fingerprint density at radius 1 is 1.14 bits per heavy atom. The molecule has 1 heterocycles. The zero-order valence-corrected chi connectivity index (χ0v) is 22.8. The van der Waals surface area contributed by atoms with E-state index in [2.05, 4.69) is 5.32 Å². The van der Waals surface area contributed by atoms with Gasteiger partial charge >= 0.3 is 5.97 Å². The van der Waals surface area contributed by atoms with E-state index in [1.54, 1.807) is 37.3 Å². The Kier molecular flexibility index (Phi) is 7.59. The minimum Gasteiger partial charge on any atom is -0.462 e. The summed E-state index contributed by atoms with van der Waals surface area (Å²) in [4.78, 5) is 24.3. The fraction of sp³-hybridized carbons (Fsp3) is 0.296. The molecule has 6 nitrogen and oxygen atoms in total. The van der Waals surface area contributed by atoms with Gasteiger partial charge in [-0.25, -0.2) is 4.79 Å². The lowest BCUT2D eigenvalue weighted by Crippen LogP contribution is -2.31. The van der Waals surface area contributed by atoms with E-state index in [0.29, 0.717) is 26.9 Å². The molecule has 0 saturated heterocycles. The fourth-order valence-electron chi connectivity index (χ4n) is 5.39. The number of alkyl halides is 1. The highest BCUT2D eigenvalue weighted by Gasteiger charge is 2.51. The average molecular weight is 578 g/mol. The first kappa shape index (κ1) is 26.2. The van der Waals surface area contributed by atoms with Crippen LogP contribution in [0.1, 0.15) is 46.8 Å². The van der Waals surface area contributed by atoms with E-state index in [0.717, 1.165) is 16.8 Å². The number of carbonyl (C=O) groups is 1. The van der Waals surface area contributed by atoms with E-state index in [1.165, 1.54) is 17.8 Å². The standard InChI is InChI=1S/C27H23Cl3N2O4S/c1-2-36-27(33)14-7-10-20-17(11-14)24-18(26(31-20)16-9-8-15(28)12-19(16)29)13-23(25(24)30)37-22-6-4-3-5-21(22)32(34)35/h3-12,18,23-26,31H,2,13H2,1H3/t18-,23+,24-,25+,26+/m0/s1. The number of fused-ring (bicyclic) bond motifs is 3. The minimum atomic E-state index is -0.389. The molecular formula is C27H23Cl3N2O4S. The first-order chi connectivity index (χ1) is 17.8. The molecule has 1 N–H and O–H groups in total. The second-order valence-electron chi connectivity index (χ2n) is 9.06. The van der Waals surface area contributed by atoms with Gasteiger partial charge in [0.1, 0.15) is 0 Å². The lowest BCUT2D eigenvalue weighted by molar-refractivity contribution is -0.387. The smallest absolute Gasteiger partial charge is 0.338 e. The average Bonchev–Trinajstić information content (AvgIpc) is 3.20. The van der Waals surface area contributed by atoms with E-state index in [4.69, 9.17) is 39.5 Å². The second kappa shape index (κ2) is 10.7. The third-order valence-corrected chi connectivity index (χ3v) is 9.64. The van der Waals surface area contributed by atoms with Gasteiger partial charge in [-0.15, -0.1) is 23.4 Å². The van der Waals surface area contributed by atoms with Crippen LogP contribution in [-0.2, 0) is 4.74 Å². The van der Waals surface area contributed by atoms with Crippen molar-refractivity contribution in [1.82, 2.24) is 0 Å². The zero-order valence-electron chi connectivity index (χ0n) is 19.7. The van der Waals surface area contributed by atoms with Crippen LogP contribution in [0.4, 0.5) is 11.4 Å². The highest BCUT2D eigenvalue weighted by molar-refractivity contribution is 8.00. The highest BCUT2D eigenvalue weighted by atomic mass is 35.5. The number of ether oxygens (including phenoxy) is 1. The predicted octanol–water partition coefficient (Wildman–Crippen LogP) is 8.12. The molecule has 37 heavy (non-hydrogen) atoms. The van der Waals surface area contributed by atoms with Crippen LogP contribution >= 0.6 is 46.6 Å². The number of esters is 1. The van der Waals surface area contributed by atoms with Crippen molar-refractivity contribution in [3.05, 3.63) is 97.5 Å². The number of rotatable bonds is 6. The lowest BCUT2D eigenvalue weighted by Gasteiger charge is -2.39. The summed E-state index contributed by atoms with van der Waals surface area (Å²) in [6, 6.07) is 17.5. The first-order valence-electron chi connectivity index (χ1n) is 11.8. The number of nitro benzene ring substituents is 1. The third kappa shape index (κ3) is 5.02. The molecule has 10 heteroatoms. The molecule has 0 aromatic heterocycles. The maximum absolute atomic E-state index is 12.5. The van der Waals surface area contributed by atoms with Crippen molar-refractivity contribution in [3.63, 3.8) is 0 Å². The van der Waals surface area contributed by atoms with Crippen molar-refractivity contribution in [1.29, 1.82) is 0 Å². The monoisotopic (exact) mass is 576 g/mol. The molecule has 1 saturated carbocycles. The summed E-state index contributed by atoms with van der Waals surface area (Å²) in [5.41, 5.74) is 3.23. The maximum atomic E-state index is 12.5. The lowest BCUT2D eigenvalue weighted by atomic mass is 9.77. The minimum absolute atomic E-state index is 0.0198. The van der Waals surface area contributed by atoms with E-state index in [9.17, 15) is 14.9 Å². The molecule has 192 valence electrons. The van der Waals surface area contributed by atoms with E-state index < -0.39 is 0 Å². The molecule has 5 rings (SSSR count). The number of anilines is 1. The van der Waals surface area contributed by atoms with Crippen LogP contribution in [0, 0.1) is 16.0 Å². The van der Waals surface area contributed by atoms with E-state index in [-0.39, 0.29) is 51.7 Å². The molecule has 0 amide bonds. The van der Waals surface area contributed by atoms with Gasteiger partial charge in [0.2, 0.25) is 0 Å². The Bertz CT molecular complexity index is 1370. The first-order valence-corrected chi connectivity index (χ1v) is 13.9. The van der Waals surface area contributed by atoms with Crippen LogP contribution in [0.15, 0.2) is 65.6 Å². The quantitative estimate of drug-likeness (QED) is 0.138. The zero-order chi connectivity index (χ0) is 26.3. The number of halogens is 3. The van der Waals surface area contributed by atoms with Gasteiger partial charge in [-0.1, -0.05) is 41.4 Å². The van der Waals surface area contributed by atoms with Gasteiger partial charge in [0.05, 0.1) is 33.4 Å². The van der Waals surface area contributed by atoms with Crippen molar-refractivity contribution in [2.24, 2.45) is 5.92 Å². The number of carbonyl (C=O) groups excluding carboxylic acids is 1. The van der Waals surface area contributed by atoms with Gasteiger partial charge in [0, 0.05) is 33.0 Å². The fourth-order valence-corrected chi connectivity index (χ4v) is 7.86. The van der Waals surface area contributed by atoms with Crippen molar-refractivity contribution in [2.45, 2.75) is 40.8 Å². The summed E-state index contributed by atoms with van der Waals surface area (Å²) in [6.45, 7) is 2.05. The molecule has 0 unspecified atom stereocenters. The molecular weight excluding hydrogens is 555 g/mol. The van der Waals surface area contributed by atoms with Gasteiger partial charge < -0.3 is 10.1 Å². The molecule has 1 fully saturated rings. The van der Waals surface area contributed by atoms with Gasteiger partial charge in [0.15, 0.2) is 0 Å². The van der Waals surface area contributed by atoms with Crippen molar-refractivity contribution >= 4 is 63.9 Å².